The van der Waals surface area contributed by atoms with Crippen molar-refractivity contribution in [2.24, 2.45) is 5.92 Å². The molecule has 0 spiro atoms. The van der Waals surface area contributed by atoms with Crippen LogP contribution in [0.15, 0.2) is 114 Å². The standard InChI is InChI=1S/C42H42O6/c1-26(2)16-18-30-22-35(38(45)24-39(30)47-4)42(46)41-31(29-14-10-7-11-15-29)20-27(3)21-33(41)32-23-34(37(44)25-40(32)48-5)36(43)19-17-28-12-8-6-9-13-28/h6-17,19,21-25,31,33,41,44-45H,18,20H2,1-5H3/b19-17+/t31-,33?,41-/m1/s1. The van der Waals surface area contributed by atoms with E-state index < -0.39 is 11.8 Å². The lowest BCUT2D eigenvalue weighted by molar-refractivity contribution is 0.0877. The zero-order chi connectivity index (χ0) is 34.4. The Morgan fingerprint density at radius 3 is 2.10 bits per heavy atom. The highest BCUT2D eigenvalue weighted by Crippen LogP contribution is 2.50. The number of phenolic OH excluding ortho intramolecular Hbond substituents is 2. The van der Waals surface area contributed by atoms with Gasteiger partial charge in [0.2, 0.25) is 0 Å². The van der Waals surface area contributed by atoms with Crippen LogP contribution in [0.2, 0.25) is 0 Å². The van der Waals surface area contributed by atoms with Gasteiger partial charge in [-0.1, -0.05) is 90.0 Å². The molecule has 6 nitrogen and oxygen atoms in total. The lowest BCUT2D eigenvalue weighted by Crippen LogP contribution is -2.32. The Morgan fingerprint density at radius 2 is 1.46 bits per heavy atom. The van der Waals surface area contributed by atoms with E-state index in [0.717, 1.165) is 27.8 Å². The van der Waals surface area contributed by atoms with Gasteiger partial charge in [-0.15, -0.1) is 0 Å². The monoisotopic (exact) mass is 642 g/mol. The van der Waals surface area contributed by atoms with Crippen molar-refractivity contribution < 1.29 is 29.3 Å². The first kappa shape index (κ1) is 34.0. The van der Waals surface area contributed by atoms with Crippen LogP contribution in [-0.4, -0.2) is 36.0 Å². The maximum Gasteiger partial charge on any atom is 0.189 e. The highest BCUT2D eigenvalue weighted by molar-refractivity contribution is 6.09. The van der Waals surface area contributed by atoms with E-state index in [9.17, 15) is 19.8 Å². The Morgan fingerprint density at radius 1 is 0.833 bits per heavy atom. The second-order valence-corrected chi connectivity index (χ2v) is 12.5. The van der Waals surface area contributed by atoms with Crippen LogP contribution in [0.1, 0.15) is 82.0 Å². The molecule has 4 aromatic rings. The van der Waals surface area contributed by atoms with Crippen LogP contribution >= 0.6 is 0 Å². The van der Waals surface area contributed by atoms with E-state index in [1.54, 1.807) is 25.3 Å². The third kappa shape index (κ3) is 7.44. The highest BCUT2D eigenvalue weighted by Gasteiger charge is 2.42. The van der Waals surface area contributed by atoms with Gasteiger partial charge in [0.25, 0.3) is 0 Å². The number of ketones is 2. The average molecular weight is 643 g/mol. The fraction of sp³-hybridized carbons (Fsp3) is 0.238. The average Bonchev–Trinajstić information content (AvgIpc) is 3.09. The van der Waals surface area contributed by atoms with E-state index in [2.05, 4.69) is 12.2 Å². The number of methoxy groups -OCH3 is 2. The largest absolute Gasteiger partial charge is 0.507 e. The maximum atomic E-state index is 14.9. The van der Waals surface area contributed by atoms with Crippen LogP contribution in [0.4, 0.5) is 0 Å². The van der Waals surface area contributed by atoms with E-state index in [1.165, 1.54) is 25.3 Å². The summed E-state index contributed by atoms with van der Waals surface area (Å²) >= 11 is 0. The lowest BCUT2D eigenvalue weighted by Gasteiger charge is -2.37. The summed E-state index contributed by atoms with van der Waals surface area (Å²) in [5, 5.41) is 22.2. The van der Waals surface area contributed by atoms with Gasteiger partial charge in [-0.05, 0) is 74.4 Å². The molecule has 3 atom stereocenters. The van der Waals surface area contributed by atoms with Crippen molar-refractivity contribution in [3.8, 4) is 23.0 Å². The van der Waals surface area contributed by atoms with Gasteiger partial charge in [0.1, 0.15) is 23.0 Å². The first-order chi connectivity index (χ1) is 23.1. The van der Waals surface area contributed by atoms with Gasteiger partial charge >= 0.3 is 0 Å². The van der Waals surface area contributed by atoms with E-state index in [1.807, 2.05) is 81.4 Å². The minimum Gasteiger partial charge on any atom is -0.507 e. The summed E-state index contributed by atoms with van der Waals surface area (Å²) < 4.78 is 11.3. The number of carbonyl (C=O) groups excluding carboxylic acids is 2. The SMILES string of the molecule is COc1cc(O)c(C(=O)[C@H]2C(c3cc(C(=O)/C=C/c4ccccc4)c(O)cc3OC)C=C(C)C[C@@H]2c2ccccc2)cc1CC=C(C)C. The molecule has 1 aliphatic rings. The van der Waals surface area contributed by atoms with Crippen molar-refractivity contribution in [3.63, 3.8) is 0 Å². The number of phenols is 2. The molecule has 0 bridgehead atoms. The van der Waals surface area contributed by atoms with Crippen LogP contribution in [-0.2, 0) is 6.42 Å². The van der Waals surface area contributed by atoms with Gasteiger partial charge in [0.15, 0.2) is 11.6 Å². The van der Waals surface area contributed by atoms with E-state index in [0.29, 0.717) is 29.9 Å². The summed E-state index contributed by atoms with van der Waals surface area (Å²) in [5.74, 6) is -1.58. The Labute approximate surface area is 282 Å². The molecule has 2 N–H and O–H groups in total. The first-order valence-corrected chi connectivity index (χ1v) is 16.1. The Kier molecular flexibility index (Phi) is 10.6. The number of benzene rings is 4. The number of rotatable bonds is 11. The lowest BCUT2D eigenvalue weighted by atomic mass is 9.65. The van der Waals surface area contributed by atoms with Crippen LogP contribution in [0.5, 0.6) is 23.0 Å². The number of hydrogen-bond donors (Lipinski definition) is 2. The summed E-state index contributed by atoms with van der Waals surface area (Å²) in [6.45, 7) is 6.05. The molecule has 0 radical (unpaired) electrons. The zero-order valence-electron chi connectivity index (χ0n) is 28.1. The fourth-order valence-electron chi connectivity index (χ4n) is 6.56. The van der Waals surface area contributed by atoms with Gasteiger partial charge in [-0.25, -0.2) is 0 Å². The molecular weight excluding hydrogens is 600 g/mol. The number of carbonyl (C=O) groups is 2. The van der Waals surface area contributed by atoms with Crippen molar-refractivity contribution in [3.05, 3.63) is 148 Å². The van der Waals surface area contributed by atoms with Crippen molar-refractivity contribution in [1.82, 2.24) is 0 Å². The number of aromatic hydroxyl groups is 2. The van der Waals surface area contributed by atoms with Crippen LogP contribution in [0.25, 0.3) is 6.08 Å². The van der Waals surface area contributed by atoms with Gasteiger partial charge < -0.3 is 19.7 Å². The normalized spacial score (nSPS) is 17.4. The van der Waals surface area contributed by atoms with E-state index in [4.69, 9.17) is 9.47 Å². The number of allylic oxidation sites excluding steroid dienone is 5. The molecule has 48 heavy (non-hydrogen) atoms. The van der Waals surface area contributed by atoms with E-state index in [-0.39, 0.29) is 40.1 Å². The van der Waals surface area contributed by atoms with Crippen LogP contribution in [0, 0.1) is 5.92 Å². The number of Topliss-reactive ketones (excluding diaryl/α,β-unsaturated/α-hetero) is 1. The molecule has 5 rings (SSSR count). The summed E-state index contributed by atoms with van der Waals surface area (Å²) in [7, 11) is 3.05. The minimum atomic E-state index is -0.673. The molecule has 0 saturated carbocycles. The third-order valence-corrected chi connectivity index (χ3v) is 8.95. The molecule has 1 aliphatic carbocycles. The summed E-state index contributed by atoms with van der Waals surface area (Å²) in [6.07, 6.45) is 8.40. The van der Waals surface area contributed by atoms with Gasteiger partial charge in [0, 0.05) is 29.5 Å². The first-order valence-electron chi connectivity index (χ1n) is 16.1. The zero-order valence-corrected chi connectivity index (χ0v) is 28.1. The van der Waals surface area contributed by atoms with Gasteiger partial charge in [0.05, 0.1) is 25.3 Å². The van der Waals surface area contributed by atoms with Crippen LogP contribution < -0.4 is 9.47 Å². The Balaban J connectivity index is 1.67. The number of hydrogen-bond acceptors (Lipinski definition) is 6. The van der Waals surface area contributed by atoms with Crippen molar-refractivity contribution >= 4 is 17.6 Å². The van der Waals surface area contributed by atoms with E-state index >= 15 is 0 Å². The minimum absolute atomic E-state index is 0.105. The predicted molar refractivity (Wildman–Crippen MR) is 190 cm³/mol. The van der Waals surface area contributed by atoms with Crippen molar-refractivity contribution in [2.75, 3.05) is 14.2 Å². The quantitative estimate of drug-likeness (QED) is 0.0963. The highest BCUT2D eigenvalue weighted by atomic mass is 16.5. The van der Waals surface area contributed by atoms with Gasteiger partial charge in [-0.2, -0.15) is 0 Å². The predicted octanol–water partition coefficient (Wildman–Crippen LogP) is 9.24. The molecule has 0 saturated heterocycles. The molecular formula is C42H42O6. The molecule has 4 aromatic carbocycles. The topological polar surface area (TPSA) is 93.1 Å². The van der Waals surface area contributed by atoms with Crippen LogP contribution in [0.3, 0.4) is 0 Å². The molecule has 0 amide bonds. The molecule has 0 fully saturated rings. The van der Waals surface area contributed by atoms with Crippen molar-refractivity contribution in [2.45, 2.75) is 45.4 Å². The van der Waals surface area contributed by atoms with Gasteiger partial charge in [-0.3, -0.25) is 9.59 Å². The number of ether oxygens (including phenoxy) is 2. The molecule has 246 valence electrons. The smallest absolute Gasteiger partial charge is 0.189 e. The Bertz CT molecular complexity index is 1880. The Hall–Kier alpha value is -5.36. The molecule has 0 aromatic heterocycles. The molecule has 1 unspecified atom stereocenters. The summed E-state index contributed by atoms with van der Waals surface area (Å²) in [6, 6.07) is 25.7. The fourth-order valence-corrected chi connectivity index (χ4v) is 6.56. The molecule has 0 heterocycles. The van der Waals surface area contributed by atoms with Crippen molar-refractivity contribution in [1.29, 1.82) is 0 Å². The second-order valence-electron chi connectivity index (χ2n) is 12.5. The molecule has 0 aliphatic heterocycles. The summed E-state index contributed by atoms with van der Waals surface area (Å²) in [5.41, 5.74) is 5.74. The third-order valence-electron chi connectivity index (χ3n) is 8.95. The maximum absolute atomic E-state index is 14.9. The molecule has 6 heteroatoms. The second kappa shape index (κ2) is 15.0. The summed E-state index contributed by atoms with van der Waals surface area (Å²) in [4.78, 5) is 28.4.